The van der Waals surface area contributed by atoms with Crippen LogP contribution in [-0.2, 0) is 4.79 Å². The van der Waals surface area contributed by atoms with E-state index >= 15 is 0 Å². The Bertz CT molecular complexity index is 942. The Morgan fingerprint density at radius 2 is 1.36 bits per heavy atom. The lowest BCUT2D eigenvalue weighted by Gasteiger charge is -2.53. The lowest BCUT2D eigenvalue weighted by atomic mass is 9.66. The first-order chi connectivity index (χ1) is 13.8. The Morgan fingerprint density at radius 1 is 0.750 bits per heavy atom. The first-order valence-electron chi connectivity index (χ1n) is 10.1. The van der Waals surface area contributed by atoms with Crippen molar-refractivity contribution >= 4 is 17.3 Å². The van der Waals surface area contributed by atoms with Crippen molar-refractivity contribution in [1.29, 1.82) is 0 Å². The van der Waals surface area contributed by atoms with Gasteiger partial charge in [-0.15, -0.1) is 0 Å². The number of hydrogen-bond acceptors (Lipinski definition) is 2. The van der Waals surface area contributed by atoms with Crippen LogP contribution >= 0.6 is 0 Å². The maximum absolute atomic E-state index is 13.7. The highest BCUT2D eigenvalue weighted by Gasteiger charge is 2.52. The van der Waals surface area contributed by atoms with Crippen LogP contribution in [0.4, 0.5) is 11.4 Å². The number of piperidine rings is 2. The first kappa shape index (κ1) is 17.1. The summed E-state index contributed by atoms with van der Waals surface area (Å²) >= 11 is 0. The fraction of sp³-hybridized carbons (Fsp3) is 0.240. The molecule has 3 aromatic rings. The van der Waals surface area contributed by atoms with Crippen LogP contribution in [0.25, 0.3) is 0 Å². The van der Waals surface area contributed by atoms with Crippen molar-refractivity contribution in [2.75, 3.05) is 10.2 Å². The largest absolute Gasteiger partial charge is 0.381 e. The molecule has 3 nitrogen and oxygen atoms in total. The first-order valence-corrected chi connectivity index (χ1v) is 10.1. The molecule has 1 aliphatic carbocycles. The maximum atomic E-state index is 13.7. The van der Waals surface area contributed by atoms with Crippen molar-refractivity contribution in [1.82, 2.24) is 0 Å². The average molecular weight is 368 g/mol. The normalized spacial score (nSPS) is 26.3. The number of nitrogens with zero attached hydrogens (tertiary/aromatic N) is 1. The van der Waals surface area contributed by atoms with Gasteiger partial charge in [0.15, 0.2) is 0 Å². The van der Waals surface area contributed by atoms with E-state index in [1.807, 2.05) is 47.4 Å². The molecule has 0 aromatic heterocycles. The fourth-order valence-corrected chi connectivity index (χ4v) is 5.02. The molecule has 6 rings (SSSR count). The second kappa shape index (κ2) is 7.16. The molecular formula is C25H24N2O. The second-order valence-electron chi connectivity index (χ2n) is 7.83. The summed E-state index contributed by atoms with van der Waals surface area (Å²) in [6.07, 6.45) is 1.99. The number of nitrogens with one attached hydrogen (secondary N) is 1. The number of hydrogen-bond donors (Lipinski definition) is 1. The number of anilines is 2. The minimum atomic E-state index is -0.0622. The number of benzene rings is 3. The second-order valence-corrected chi connectivity index (χ2v) is 7.83. The topological polar surface area (TPSA) is 32.3 Å². The molecule has 3 aliphatic rings. The van der Waals surface area contributed by atoms with Crippen molar-refractivity contribution in [2.45, 2.75) is 30.8 Å². The van der Waals surface area contributed by atoms with Gasteiger partial charge in [0.05, 0.1) is 5.92 Å². The number of para-hydroxylation sites is 2. The van der Waals surface area contributed by atoms with E-state index in [1.54, 1.807) is 0 Å². The molecule has 2 aliphatic heterocycles. The van der Waals surface area contributed by atoms with Crippen LogP contribution in [0.15, 0.2) is 91.0 Å². The van der Waals surface area contributed by atoms with Crippen LogP contribution < -0.4 is 10.2 Å². The number of carbonyl (C=O) groups excluding carboxylic acids is 1. The molecule has 2 heterocycles. The van der Waals surface area contributed by atoms with E-state index in [-0.39, 0.29) is 29.8 Å². The van der Waals surface area contributed by atoms with Gasteiger partial charge in [-0.05, 0) is 48.6 Å². The van der Waals surface area contributed by atoms with Gasteiger partial charge < -0.3 is 10.2 Å². The molecule has 2 bridgehead atoms. The lowest BCUT2D eigenvalue weighted by Crippen LogP contribution is -2.62. The number of rotatable bonds is 4. The van der Waals surface area contributed by atoms with E-state index in [1.165, 1.54) is 5.56 Å². The summed E-state index contributed by atoms with van der Waals surface area (Å²) in [4.78, 5) is 15.7. The molecule has 3 aromatic carbocycles. The zero-order chi connectivity index (χ0) is 18.9. The molecule has 3 heteroatoms. The standard InChI is InChI=1S/C25H24N2O/c28-25-24-22(18-10-4-1-5-11-18)16-21(27(25)20-14-8-3-9-15-20)17-23(24)26-19-12-6-2-7-13-19/h1-15,21-24,26H,16-17H2. The van der Waals surface area contributed by atoms with Crippen molar-refractivity contribution in [3.05, 3.63) is 96.6 Å². The Labute approximate surface area is 166 Å². The van der Waals surface area contributed by atoms with E-state index < -0.39 is 0 Å². The number of carbonyl (C=O) groups is 1. The Balaban J connectivity index is 1.51. The Hall–Kier alpha value is -3.07. The monoisotopic (exact) mass is 368 g/mol. The molecule has 0 spiro atoms. The third kappa shape index (κ3) is 2.97. The molecule has 28 heavy (non-hydrogen) atoms. The van der Waals surface area contributed by atoms with Gasteiger partial charge in [0, 0.05) is 23.5 Å². The average Bonchev–Trinajstić information content (AvgIpc) is 2.75. The highest BCUT2D eigenvalue weighted by molar-refractivity contribution is 5.99. The number of fused-ring (bicyclic) bond motifs is 3. The molecule has 1 amide bonds. The van der Waals surface area contributed by atoms with Gasteiger partial charge in [-0.3, -0.25) is 4.79 Å². The van der Waals surface area contributed by atoms with Gasteiger partial charge in [0.2, 0.25) is 5.91 Å². The van der Waals surface area contributed by atoms with Crippen molar-refractivity contribution in [2.24, 2.45) is 5.92 Å². The number of amides is 1. The summed E-state index contributed by atoms with van der Waals surface area (Å²) in [7, 11) is 0. The van der Waals surface area contributed by atoms with E-state index in [4.69, 9.17) is 0 Å². The van der Waals surface area contributed by atoms with Crippen LogP contribution in [0.3, 0.4) is 0 Å². The highest BCUT2D eigenvalue weighted by atomic mass is 16.2. The molecule has 3 fully saturated rings. The molecule has 0 radical (unpaired) electrons. The fourth-order valence-electron chi connectivity index (χ4n) is 5.02. The van der Waals surface area contributed by atoms with Gasteiger partial charge in [-0.1, -0.05) is 66.7 Å². The Kier molecular flexibility index (Phi) is 4.36. The predicted molar refractivity (Wildman–Crippen MR) is 113 cm³/mol. The van der Waals surface area contributed by atoms with Crippen molar-refractivity contribution in [3.63, 3.8) is 0 Å². The van der Waals surface area contributed by atoms with E-state index in [0.717, 1.165) is 24.2 Å². The van der Waals surface area contributed by atoms with Crippen LogP contribution in [0, 0.1) is 5.92 Å². The SMILES string of the molecule is O=C1C2C(Nc3ccccc3)CC(CC2c2ccccc2)N1c1ccccc1. The van der Waals surface area contributed by atoms with Crippen LogP contribution in [0.5, 0.6) is 0 Å². The minimum Gasteiger partial charge on any atom is -0.381 e. The van der Waals surface area contributed by atoms with Gasteiger partial charge in [-0.2, -0.15) is 0 Å². The third-order valence-corrected chi connectivity index (χ3v) is 6.19. The smallest absolute Gasteiger partial charge is 0.233 e. The van der Waals surface area contributed by atoms with Gasteiger partial charge in [0.1, 0.15) is 0 Å². The maximum Gasteiger partial charge on any atom is 0.233 e. The lowest BCUT2D eigenvalue weighted by molar-refractivity contribution is -0.128. The summed E-state index contributed by atoms with van der Waals surface area (Å²) in [5, 5.41) is 3.67. The molecule has 4 atom stereocenters. The van der Waals surface area contributed by atoms with E-state index in [9.17, 15) is 4.79 Å². The van der Waals surface area contributed by atoms with Gasteiger partial charge >= 0.3 is 0 Å². The van der Waals surface area contributed by atoms with Crippen LogP contribution in [-0.4, -0.2) is 18.0 Å². The molecular weight excluding hydrogens is 344 g/mol. The van der Waals surface area contributed by atoms with Crippen LogP contribution in [0.1, 0.15) is 24.3 Å². The summed E-state index contributed by atoms with van der Waals surface area (Å²) in [6.45, 7) is 0. The van der Waals surface area contributed by atoms with E-state index in [2.05, 4.69) is 53.8 Å². The summed E-state index contributed by atoms with van der Waals surface area (Å²) in [5.74, 6) is 0.442. The van der Waals surface area contributed by atoms with E-state index in [0.29, 0.717) is 0 Å². The van der Waals surface area contributed by atoms with Crippen molar-refractivity contribution in [3.8, 4) is 0 Å². The highest BCUT2D eigenvalue weighted by Crippen LogP contribution is 2.47. The predicted octanol–water partition coefficient (Wildman–Crippen LogP) is 5.08. The van der Waals surface area contributed by atoms with Gasteiger partial charge in [-0.25, -0.2) is 0 Å². The molecule has 4 unspecified atom stereocenters. The summed E-state index contributed by atoms with van der Waals surface area (Å²) in [6, 6.07) is 31.3. The quantitative estimate of drug-likeness (QED) is 0.697. The summed E-state index contributed by atoms with van der Waals surface area (Å²) in [5.41, 5.74) is 3.39. The zero-order valence-electron chi connectivity index (χ0n) is 15.7. The zero-order valence-corrected chi connectivity index (χ0v) is 15.7. The molecule has 2 saturated heterocycles. The molecule has 1 saturated carbocycles. The third-order valence-electron chi connectivity index (χ3n) is 6.19. The minimum absolute atomic E-state index is 0.0622. The Morgan fingerprint density at radius 3 is 2.00 bits per heavy atom. The molecule has 1 N–H and O–H groups in total. The van der Waals surface area contributed by atoms with Crippen molar-refractivity contribution < 1.29 is 4.79 Å². The van der Waals surface area contributed by atoms with Gasteiger partial charge in [0.25, 0.3) is 0 Å². The van der Waals surface area contributed by atoms with Crippen LogP contribution in [0.2, 0.25) is 0 Å². The molecule has 140 valence electrons. The summed E-state index contributed by atoms with van der Waals surface area (Å²) < 4.78 is 0.